The van der Waals surface area contributed by atoms with Gasteiger partial charge in [0, 0.05) is 50.9 Å². The first kappa shape index (κ1) is 36.3. The predicted molar refractivity (Wildman–Crippen MR) is 9.94 cm³/mol. The molecule has 0 spiro atoms. The first-order chi connectivity index (χ1) is 0. The zero-order valence-electron chi connectivity index (χ0n) is 1.08. The fourth-order valence-electron chi connectivity index (χ4n) is 0. The molecule has 30 valence electrons. The Morgan fingerprint density at radius 3 is 1.00 bits per heavy atom. The summed E-state index contributed by atoms with van der Waals surface area (Å²) < 4.78 is 0. The van der Waals surface area contributed by atoms with Crippen LogP contribution in [0.25, 0.3) is 0 Å². The molecular weight excluding hydrogens is 194 g/mol. The Morgan fingerprint density at radius 2 is 1.00 bits per heavy atom. The summed E-state index contributed by atoms with van der Waals surface area (Å²) in [7, 11) is 0. The molecule has 0 radical (unpaired) electrons. The van der Waals surface area contributed by atoms with E-state index in [1.807, 2.05) is 0 Å². The maximum absolute atomic E-state index is 0. The van der Waals surface area contributed by atoms with E-state index >= 15 is 0 Å². The fraction of sp³-hybridized carbons (Fsp3) is 0. The molecular formula is H3AlCrFeNi. The van der Waals surface area contributed by atoms with Crippen LogP contribution in [0.5, 0.6) is 0 Å². The van der Waals surface area contributed by atoms with E-state index < -0.39 is 0 Å². The van der Waals surface area contributed by atoms with E-state index in [-0.39, 0.29) is 68.3 Å². The summed E-state index contributed by atoms with van der Waals surface area (Å²) in [6.45, 7) is 0. The number of rotatable bonds is 0. The van der Waals surface area contributed by atoms with Crippen LogP contribution in [0.3, 0.4) is 0 Å². The van der Waals surface area contributed by atoms with Gasteiger partial charge >= 0.3 is 0 Å². The molecule has 0 aromatic rings. The van der Waals surface area contributed by atoms with Gasteiger partial charge in [0.2, 0.25) is 0 Å². The van der Waals surface area contributed by atoms with Crippen molar-refractivity contribution in [3.63, 3.8) is 0 Å². The summed E-state index contributed by atoms with van der Waals surface area (Å²) in [6, 6.07) is 0. The topological polar surface area (TPSA) is 0 Å². The van der Waals surface area contributed by atoms with E-state index in [9.17, 15) is 0 Å². The van der Waals surface area contributed by atoms with Crippen LogP contribution in [-0.4, -0.2) is 17.4 Å². The van der Waals surface area contributed by atoms with Crippen molar-refractivity contribution in [1.82, 2.24) is 0 Å². The largest absolute Gasteiger partial charge is 0.187 e. The minimum Gasteiger partial charge on any atom is 0 e. The first-order valence-corrected chi connectivity index (χ1v) is 0. The maximum Gasteiger partial charge on any atom is 0.187 e. The van der Waals surface area contributed by atoms with Gasteiger partial charge < -0.3 is 0 Å². The van der Waals surface area contributed by atoms with Crippen LogP contribution < -0.4 is 0 Å². The summed E-state index contributed by atoms with van der Waals surface area (Å²) in [4.78, 5) is 0. The minimum atomic E-state index is 0. The predicted octanol–water partition coefficient (Wildman–Crippen LogP) is -1.19. The molecule has 4 heavy (non-hydrogen) atoms. The monoisotopic (exact) mass is 196 g/mol. The molecule has 0 saturated heterocycles. The van der Waals surface area contributed by atoms with Gasteiger partial charge in [-0.05, 0) is 0 Å². The van der Waals surface area contributed by atoms with Crippen molar-refractivity contribution in [3.05, 3.63) is 0 Å². The van der Waals surface area contributed by atoms with Gasteiger partial charge in [-0.1, -0.05) is 0 Å². The summed E-state index contributed by atoms with van der Waals surface area (Å²) in [5, 5.41) is 0. The zero-order valence-corrected chi connectivity index (χ0v) is 4.44. The third-order valence-corrected chi connectivity index (χ3v) is 0. The zero-order chi connectivity index (χ0) is 0. The molecule has 0 fully saturated rings. The summed E-state index contributed by atoms with van der Waals surface area (Å²) >= 11 is 0. The molecule has 4 heteroatoms. The average molecular weight is 197 g/mol. The van der Waals surface area contributed by atoms with Crippen molar-refractivity contribution in [1.29, 1.82) is 0 Å². The minimum absolute atomic E-state index is 0. The average Bonchev–Trinajstić information content (AvgIpc) is 0. The SMILES string of the molecule is [AlH3].[Cr].[Fe].[Ni]. The molecule has 0 saturated carbocycles. The van der Waals surface area contributed by atoms with E-state index in [0.29, 0.717) is 0 Å². The van der Waals surface area contributed by atoms with Crippen molar-refractivity contribution >= 4 is 17.4 Å². The summed E-state index contributed by atoms with van der Waals surface area (Å²) in [6.07, 6.45) is 0. The molecule has 0 aliphatic carbocycles. The van der Waals surface area contributed by atoms with Crippen molar-refractivity contribution in [2.75, 3.05) is 0 Å². The van der Waals surface area contributed by atoms with Crippen LogP contribution in [0.4, 0.5) is 0 Å². The Kier molecular flexibility index (Phi) is 177. The molecule has 0 heterocycles. The Labute approximate surface area is 67.8 Å². The fourth-order valence-corrected chi connectivity index (χ4v) is 0. The third kappa shape index (κ3) is 8.95. The quantitative estimate of drug-likeness (QED) is 0.428. The van der Waals surface area contributed by atoms with E-state index in [4.69, 9.17) is 0 Å². The van der Waals surface area contributed by atoms with Crippen molar-refractivity contribution < 1.29 is 50.9 Å². The van der Waals surface area contributed by atoms with Crippen LogP contribution in [0.15, 0.2) is 0 Å². The third-order valence-electron chi connectivity index (χ3n) is 0. The molecule has 0 amide bonds. The molecule has 0 aromatic carbocycles. The van der Waals surface area contributed by atoms with Gasteiger partial charge in [-0.2, -0.15) is 0 Å². The van der Waals surface area contributed by atoms with E-state index in [1.54, 1.807) is 0 Å². The molecule has 0 N–H and O–H groups in total. The molecule has 0 nitrogen and oxygen atoms in total. The van der Waals surface area contributed by atoms with Gasteiger partial charge in [0.1, 0.15) is 0 Å². The molecule has 0 bridgehead atoms. The molecule has 0 aliphatic rings. The van der Waals surface area contributed by atoms with Crippen LogP contribution in [0.1, 0.15) is 0 Å². The Hall–Kier alpha value is 2.08. The van der Waals surface area contributed by atoms with Gasteiger partial charge in [0.25, 0.3) is 0 Å². The summed E-state index contributed by atoms with van der Waals surface area (Å²) in [5.41, 5.74) is 0. The van der Waals surface area contributed by atoms with Gasteiger partial charge in [-0.25, -0.2) is 0 Å². The normalized spacial score (nSPS) is 0. The van der Waals surface area contributed by atoms with Gasteiger partial charge in [-0.3, -0.25) is 0 Å². The van der Waals surface area contributed by atoms with Crippen molar-refractivity contribution in [2.45, 2.75) is 0 Å². The van der Waals surface area contributed by atoms with Gasteiger partial charge in [0.15, 0.2) is 17.4 Å². The Bertz CT molecular complexity index is 8.00. The van der Waals surface area contributed by atoms with Crippen LogP contribution in [0.2, 0.25) is 0 Å². The van der Waals surface area contributed by atoms with E-state index in [0.717, 1.165) is 0 Å². The second-order valence-corrected chi connectivity index (χ2v) is 0. The van der Waals surface area contributed by atoms with Crippen LogP contribution >= 0.6 is 0 Å². The number of hydrogen-bond donors (Lipinski definition) is 0. The van der Waals surface area contributed by atoms with Gasteiger partial charge in [-0.15, -0.1) is 0 Å². The second kappa shape index (κ2) is 19.6. The maximum atomic E-state index is 0. The van der Waals surface area contributed by atoms with Gasteiger partial charge in [0.05, 0.1) is 0 Å². The molecule has 0 unspecified atom stereocenters. The number of hydrogen-bond acceptors (Lipinski definition) is 0. The first-order valence-electron chi connectivity index (χ1n) is 0. The van der Waals surface area contributed by atoms with E-state index in [2.05, 4.69) is 0 Å². The van der Waals surface area contributed by atoms with E-state index in [1.165, 1.54) is 0 Å². The van der Waals surface area contributed by atoms with Crippen LogP contribution in [0, 0.1) is 0 Å². The summed E-state index contributed by atoms with van der Waals surface area (Å²) in [5.74, 6) is 0. The Morgan fingerprint density at radius 1 is 1.00 bits per heavy atom. The molecule has 0 aliphatic heterocycles. The Balaban J connectivity index is 0. The molecule has 0 atom stereocenters. The van der Waals surface area contributed by atoms with Crippen LogP contribution in [-0.2, 0) is 50.9 Å². The standard InChI is InChI=1S/Al.Cr.Fe.Ni.3H. The second-order valence-electron chi connectivity index (χ2n) is 0. The molecule has 0 aromatic heterocycles. The van der Waals surface area contributed by atoms with Crippen molar-refractivity contribution in [3.8, 4) is 0 Å². The molecule has 0 rings (SSSR count). The van der Waals surface area contributed by atoms with Crippen molar-refractivity contribution in [2.24, 2.45) is 0 Å². The smallest absolute Gasteiger partial charge is 0 e.